The van der Waals surface area contributed by atoms with E-state index in [1.165, 1.54) is 11.3 Å². The van der Waals surface area contributed by atoms with Gasteiger partial charge in [-0.1, -0.05) is 21.6 Å². The van der Waals surface area contributed by atoms with Crippen molar-refractivity contribution in [3.63, 3.8) is 0 Å². The van der Waals surface area contributed by atoms with E-state index in [9.17, 15) is 4.79 Å². The van der Waals surface area contributed by atoms with E-state index in [-0.39, 0.29) is 12.3 Å². The fourth-order valence-corrected chi connectivity index (χ4v) is 3.28. The maximum Gasteiger partial charge on any atom is 0.280 e. The SMILES string of the molecule is Cc1noc(C)c1CC(=O)NCCn1cc(-c2nc(-c3cccs3)no2)nn1. The molecule has 4 aromatic rings. The molecular formula is C17H17N7O3S. The fraction of sp³-hybridized carbons (Fsp3) is 0.294. The first-order valence-electron chi connectivity index (χ1n) is 8.56. The van der Waals surface area contributed by atoms with Gasteiger partial charge in [-0.25, -0.2) is 4.68 Å². The summed E-state index contributed by atoms with van der Waals surface area (Å²) in [5.74, 6) is 1.38. The molecular weight excluding hydrogens is 382 g/mol. The lowest BCUT2D eigenvalue weighted by Crippen LogP contribution is -2.29. The highest BCUT2D eigenvalue weighted by molar-refractivity contribution is 7.13. The standard InChI is InChI=1S/C17H17N7O3S/c1-10-12(11(2)26-21-10)8-15(25)18-5-6-24-9-13(20-23-24)17-19-16(22-27-17)14-4-3-7-28-14/h3-4,7,9H,5-6,8H2,1-2H3,(H,18,25). The summed E-state index contributed by atoms with van der Waals surface area (Å²) >= 11 is 1.53. The zero-order valence-corrected chi connectivity index (χ0v) is 16.1. The molecule has 0 unspecified atom stereocenters. The van der Waals surface area contributed by atoms with E-state index in [4.69, 9.17) is 9.05 Å². The topological polar surface area (TPSA) is 125 Å². The predicted molar refractivity (Wildman–Crippen MR) is 99.3 cm³/mol. The van der Waals surface area contributed by atoms with Crippen LogP contribution in [-0.2, 0) is 17.8 Å². The van der Waals surface area contributed by atoms with Crippen molar-refractivity contribution in [3.05, 3.63) is 40.7 Å². The molecule has 1 N–H and O–H groups in total. The monoisotopic (exact) mass is 399 g/mol. The number of hydrogen-bond acceptors (Lipinski definition) is 9. The molecule has 4 heterocycles. The van der Waals surface area contributed by atoms with Gasteiger partial charge in [0.15, 0.2) is 5.69 Å². The molecule has 0 aromatic carbocycles. The normalized spacial score (nSPS) is 11.1. The first kappa shape index (κ1) is 18.0. The van der Waals surface area contributed by atoms with E-state index in [0.717, 1.165) is 16.1 Å². The summed E-state index contributed by atoms with van der Waals surface area (Å²) in [6.45, 7) is 4.49. The minimum absolute atomic E-state index is 0.104. The molecule has 0 aliphatic heterocycles. The Balaban J connectivity index is 1.31. The second kappa shape index (κ2) is 7.72. The average Bonchev–Trinajstić information content (AvgIpc) is 3.45. The van der Waals surface area contributed by atoms with Crippen molar-refractivity contribution in [3.8, 4) is 22.3 Å². The van der Waals surface area contributed by atoms with Crippen LogP contribution >= 0.6 is 11.3 Å². The third-order valence-electron chi connectivity index (χ3n) is 4.11. The van der Waals surface area contributed by atoms with Crippen molar-refractivity contribution in [2.24, 2.45) is 0 Å². The Morgan fingerprint density at radius 1 is 1.29 bits per heavy atom. The summed E-state index contributed by atoms with van der Waals surface area (Å²) < 4.78 is 11.9. The number of amides is 1. The molecule has 11 heteroatoms. The van der Waals surface area contributed by atoms with Gasteiger partial charge in [-0.3, -0.25) is 4.79 Å². The highest BCUT2D eigenvalue weighted by Gasteiger charge is 2.15. The number of nitrogens with zero attached hydrogens (tertiary/aromatic N) is 6. The van der Waals surface area contributed by atoms with Crippen molar-refractivity contribution >= 4 is 17.2 Å². The Hall–Kier alpha value is -3.34. The van der Waals surface area contributed by atoms with Gasteiger partial charge in [0.1, 0.15) is 5.76 Å². The van der Waals surface area contributed by atoms with Crippen LogP contribution in [-0.4, -0.2) is 42.7 Å². The number of aromatic nitrogens is 6. The largest absolute Gasteiger partial charge is 0.361 e. The molecule has 0 bridgehead atoms. The fourth-order valence-electron chi connectivity index (χ4n) is 2.63. The number of nitrogens with one attached hydrogen (secondary N) is 1. The molecule has 1 amide bonds. The third kappa shape index (κ3) is 3.83. The summed E-state index contributed by atoms with van der Waals surface area (Å²) in [7, 11) is 0. The van der Waals surface area contributed by atoms with Gasteiger partial charge in [0, 0.05) is 12.1 Å². The second-order valence-electron chi connectivity index (χ2n) is 6.10. The molecule has 4 aromatic heterocycles. The lowest BCUT2D eigenvalue weighted by Gasteiger charge is -2.04. The Morgan fingerprint density at radius 2 is 2.18 bits per heavy atom. The first-order valence-corrected chi connectivity index (χ1v) is 9.44. The zero-order valence-electron chi connectivity index (χ0n) is 15.2. The predicted octanol–water partition coefficient (Wildman–Crippen LogP) is 2.02. The van der Waals surface area contributed by atoms with E-state index in [1.54, 1.807) is 17.8 Å². The quantitative estimate of drug-likeness (QED) is 0.500. The number of hydrogen-bond donors (Lipinski definition) is 1. The lowest BCUT2D eigenvalue weighted by molar-refractivity contribution is -0.120. The van der Waals surface area contributed by atoms with Gasteiger partial charge in [0.2, 0.25) is 11.7 Å². The van der Waals surface area contributed by atoms with Gasteiger partial charge in [-0.05, 0) is 25.3 Å². The number of aryl methyl sites for hydroxylation is 2. The minimum Gasteiger partial charge on any atom is -0.361 e. The molecule has 0 aliphatic rings. The van der Waals surface area contributed by atoms with Crippen molar-refractivity contribution in [2.45, 2.75) is 26.8 Å². The van der Waals surface area contributed by atoms with Crippen LogP contribution in [0, 0.1) is 13.8 Å². The van der Waals surface area contributed by atoms with E-state index in [1.807, 2.05) is 24.4 Å². The van der Waals surface area contributed by atoms with Gasteiger partial charge in [-0.2, -0.15) is 4.98 Å². The van der Waals surface area contributed by atoms with Gasteiger partial charge in [-0.15, -0.1) is 16.4 Å². The highest BCUT2D eigenvalue weighted by atomic mass is 32.1. The lowest BCUT2D eigenvalue weighted by atomic mass is 10.1. The van der Waals surface area contributed by atoms with E-state index in [2.05, 4.69) is 30.9 Å². The number of rotatable bonds is 7. The average molecular weight is 399 g/mol. The molecule has 0 spiro atoms. The molecule has 0 saturated heterocycles. The maximum atomic E-state index is 12.1. The summed E-state index contributed by atoms with van der Waals surface area (Å²) in [4.78, 5) is 17.3. The van der Waals surface area contributed by atoms with Gasteiger partial charge >= 0.3 is 0 Å². The van der Waals surface area contributed by atoms with Crippen LogP contribution < -0.4 is 5.32 Å². The van der Waals surface area contributed by atoms with E-state index < -0.39 is 0 Å². The number of carbonyl (C=O) groups is 1. The van der Waals surface area contributed by atoms with E-state index >= 15 is 0 Å². The second-order valence-corrected chi connectivity index (χ2v) is 7.04. The van der Waals surface area contributed by atoms with Crippen molar-refractivity contribution in [1.29, 1.82) is 0 Å². The Kier molecular flexibility index (Phi) is 4.98. The molecule has 144 valence electrons. The first-order chi connectivity index (χ1) is 13.6. The molecule has 0 saturated carbocycles. The van der Waals surface area contributed by atoms with Gasteiger partial charge in [0.25, 0.3) is 5.89 Å². The molecule has 4 rings (SSSR count). The molecule has 10 nitrogen and oxygen atoms in total. The van der Waals surface area contributed by atoms with Crippen LogP contribution in [0.3, 0.4) is 0 Å². The van der Waals surface area contributed by atoms with Crippen LogP contribution in [0.2, 0.25) is 0 Å². The van der Waals surface area contributed by atoms with Crippen LogP contribution in [0.1, 0.15) is 17.0 Å². The maximum absolute atomic E-state index is 12.1. The number of carbonyl (C=O) groups excluding carboxylic acids is 1. The van der Waals surface area contributed by atoms with Crippen molar-refractivity contribution < 1.29 is 13.8 Å². The number of thiophene rings is 1. The van der Waals surface area contributed by atoms with Gasteiger partial charge < -0.3 is 14.4 Å². The van der Waals surface area contributed by atoms with E-state index in [0.29, 0.717) is 36.3 Å². The molecule has 0 radical (unpaired) electrons. The summed E-state index contributed by atoms with van der Waals surface area (Å²) in [6.07, 6.45) is 1.93. The highest BCUT2D eigenvalue weighted by Crippen LogP contribution is 2.24. The van der Waals surface area contributed by atoms with Crippen LogP contribution in [0.4, 0.5) is 0 Å². The smallest absolute Gasteiger partial charge is 0.280 e. The third-order valence-corrected chi connectivity index (χ3v) is 4.97. The van der Waals surface area contributed by atoms with Crippen LogP contribution in [0.5, 0.6) is 0 Å². The van der Waals surface area contributed by atoms with Gasteiger partial charge in [0.05, 0.1) is 29.7 Å². The Bertz CT molecular complexity index is 1060. The Morgan fingerprint density at radius 3 is 2.93 bits per heavy atom. The van der Waals surface area contributed by atoms with Crippen molar-refractivity contribution in [1.82, 2.24) is 35.6 Å². The molecule has 0 fully saturated rings. The summed E-state index contributed by atoms with van der Waals surface area (Å²) in [6, 6.07) is 3.84. The summed E-state index contributed by atoms with van der Waals surface area (Å²) in [5.41, 5.74) is 2.03. The molecule has 28 heavy (non-hydrogen) atoms. The van der Waals surface area contributed by atoms with Crippen LogP contribution in [0.15, 0.2) is 32.8 Å². The van der Waals surface area contributed by atoms with Crippen molar-refractivity contribution in [2.75, 3.05) is 6.54 Å². The minimum atomic E-state index is -0.104. The molecule has 0 atom stereocenters. The zero-order chi connectivity index (χ0) is 19.5. The molecule has 0 aliphatic carbocycles. The Labute approximate surface area is 163 Å². The summed E-state index contributed by atoms with van der Waals surface area (Å²) in [5, 5.41) is 20.7. The van der Waals surface area contributed by atoms with Crippen LogP contribution in [0.25, 0.3) is 22.3 Å².